The highest BCUT2D eigenvalue weighted by atomic mass is 32.2. The Labute approximate surface area is 79.4 Å². The van der Waals surface area contributed by atoms with E-state index in [1.807, 2.05) is 0 Å². The summed E-state index contributed by atoms with van der Waals surface area (Å²) in [6, 6.07) is 0. The molecule has 5 heteroatoms. The quantitative estimate of drug-likeness (QED) is 0.641. The summed E-state index contributed by atoms with van der Waals surface area (Å²) in [7, 11) is -3.23. The standard InChI is InChI=1S/C8H17NO3S/c1-7(8-2-3-8)6-9-13(11,12)5-4-10/h7-10H,2-6H2,1H3. The van der Waals surface area contributed by atoms with Gasteiger partial charge in [-0.05, 0) is 24.7 Å². The van der Waals surface area contributed by atoms with Gasteiger partial charge >= 0.3 is 0 Å². The van der Waals surface area contributed by atoms with Gasteiger partial charge in [-0.1, -0.05) is 6.92 Å². The minimum atomic E-state index is -3.23. The lowest BCUT2D eigenvalue weighted by Crippen LogP contribution is -2.32. The van der Waals surface area contributed by atoms with Crippen LogP contribution in [0.5, 0.6) is 0 Å². The number of hydrogen-bond acceptors (Lipinski definition) is 3. The highest BCUT2D eigenvalue weighted by Gasteiger charge is 2.28. The molecular weight excluding hydrogens is 190 g/mol. The van der Waals surface area contributed by atoms with Crippen molar-refractivity contribution in [3.05, 3.63) is 0 Å². The van der Waals surface area contributed by atoms with Gasteiger partial charge in [-0.3, -0.25) is 0 Å². The molecule has 0 heterocycles. The van der Waals surface area contributed by atoms with E-state index in [1.54, 1.807) is 0 Å². The van der Waals surface area contributed by atoms with E-state index < -0.39 is 10.0 Å². The topological polar surface area (TPSA) is 66.4 Å². The fourth-order valence-electron chi connectivity index (χ4n) is 1.28. The van der Waals surface area contributed by atoms with Gasteiger partial charge in [0.2, 0.25) is 10.0 Å². The van der Waals surface area contributed by atoms with Gasteiger partial charge in [-0.15, -0.1) is 0 Å². The number of nitrogens with one attached hydrogen (secondary N) is 1. The molecule has 13 heavy (non-hydrogen) atoms. The fourth-order valence-corrected chi connectivity index (χ4v) is 2.18. The van der Waals surface area contributed by atoms with Gasteiger partial charge in [-0.2, -0.15) is 0 Å². The monoisotopic (exact) mass is 207 g/mol. The number of rotatable bonds is 6. The largest absolute Gasteiger partial charge is 0.395 e. The van der Waals surface area contributed by atoms with Crippen LogP contribution in [0.25, 0.3) is 0 Å². The molecule has 1 atom stereocenters. The highest BCUT2D eigenvalue weighted by Crippen LogP contribution is 2.36. The lowest BCUT2D eigenvalue weighted by atomic mass is 10.1. The lowest BCUT2D eigenvalue weighted by molar-refractivity contribution is 0.319. The second kappa shape index (κ2) is 4.39. The van der Waals surface area contributed by atoms with Gasteiger partial charge in [0.15, 0.2) is 0 Å². The van der Waals surface area contributed by atoms with Crippen LogP contribution in [0.4, 0.5) is 0 Å². The Bertz CT molecular complexity index is 246. The molecule has 1 rings (SSSR count). The predicted octanol–water partition coefficient (Wildman–Crippen LogP) is -0.0558. The maximum atomic E-state index is 11.1. The van der Waals surface area contributed by atoms with Crippen LogP contribution in [0.1, 0.15) is 19.8 Å². The van der Waals surface area contributed by atoms with Crippen LogP contribution < -0.4 is 4.72 Å². The molecule has 0 aliphatic heterocycles. The second-order valence-electron chi connectivity index (χ2n) is 3.71. The highest BCUT2D eigenvalue weighted by molar-refractivity contribution is 7.89. The summed E-state index contributed by atoms with van der Waals surface area (Å²) in [5.41, 5.74) is 0. The molecule has 4 nitrogen and oxygen atoms in total. The van der Waals surface area contributed by atoms with E-state index in [1.165, 1.54) is 12.8 Å². The molecule has 1 fully saturated rings. The first-order chi connectivity index (χ1) is 6.05. The molecule has 0 aromatic heterocycles. The van der Waals surface area contributed by atoms with Gasteiger partial charge in [0, 0.05) is 6.54 Å². The molecule has 0 saturated heterocycles. The zero-order valence-electron chi connectivity index (χ0n) is 7.86. The molecule has 0 aromatic carbocycles. The van der Waals surface area contributed by atoms with Crippen molar-refractivity contribution in [1.82, 2.24) is 4.72 Å². The SMILES string of the molecule is CC(CNS(=O)(=O)CCO)C1CC1. The smallest absolute Gasteiger partial charge is 0.213 e. The Morgan fingerprint density at radius 1 is 1.54 bits per heavy atom. The molecule has 1 unspecified atom stereocenters. The Morgan fingerprint density at radius 2 is 2.15 bits per heavy atom. The lowest BCUT2D eigenvalue weighted by Gasteiger charge is -2.10. The van der Waals surface area contributed by atoms with Crippen LogP contribution >= 0.6 is 0 Å². The van der Waals surface area contributed by atoms with Crippen molar-refractivity contribution in [2.75, 3.05) is 18.9 Å². The van der Waals surface area contributed by atoms with E-state index in [4.69, 9.17) is 5.11 Å². The molecule has 78 valence electrons. The molecule has 0 bridgehead atoms. The summed E-state index contributed by atoms with van der Waals surface area (Å²) in [4.78, 5) is 0. The normalized spacial score (nSPS) is 20.2. The van der Waals surface area contributed by atoms with Gasteiger partial charge in [0.05, 0.1) is 12.4 Å². The molecule has 1 aliphatic rings. The van der Waals surface area contributed by atoms with Crippen molar-refractivity contribution in [3.8, 4) is 0 Å². The van der Waals surface area contributed by atoms with Crippen LogP contribution in [0.3, 0.4) is 0 Å². The maximum absolute atomic E-state index is 11.1. The van der Waals surface area contributed by atoms with Gasteiger partial charge in [0.1, 0.15) is 0 Å². The number of sulfonamides is 1. The molecule has 0 aromatic rings. The van der Waals surface area contributed by atoms with E-state index in [0.29, 0.717) is 18.4 Å². The van der Waals surface area contributed by atoms with Crippen molar-refractivity contribution < 1.29 is 13.5 Å². The molecular formula is C8H17NO3S. The Hall–Kier alpha value is -0.130. The van der Waals surface area contributed by atoms with E-state index in [0.717, 1.165) is 0 Å². The predicted molar refractivity (Wildman–Crippen MR) is 50.8 cm³/mol. The van der Waals surface area contributed by atoms with Gasteiger partial charge in [0.25, 0.3) is 0 Å². The second-order valence-corrected chi connectivity index (χ2v) is 5.63. The summed E-state index contributed by atoms with van der Waals surface area (Å²) in [5, 5.41) is 8.47. The molecule has 0 spiro atoms. The summed E-state index contributed by atoms with van der Waals surface area (Å²) < 4.78 is 24.7. The van der Waals surface area contributed by atoms with Crippen molar-refractivity contribution >= 4 is 10.0 Å². The maximum Gasteiger partial charge on any atom is 0.213 e. The van der Waals surface area contributed by atoms with E-state index in [-0.39, 0.29) is 12.4 Å². The van der Waals surface area contributed by atoms with E-state index >= 15 is 0 Å². The van der Waals surface area contributed by atoms with Crippen molar-refractivity contribution in [2.24, 2.45) is 11.8 Å². The molecule has 0 amide bonds. The minimum absolute atomic E-state index is 0.190. The van der Waals surface area contributed by atoms with Crippen LogP contribution in [-0.4, -0.2) is 32.4 Å². The summed E-state index contributed by atoms with van der Waals surface area (Å²) >= 11 is 0. The zero-order valence-corrected chi connectivity index (χ0v) is 8.68. The molecule has 1 aliphatic carbocycles. The number of aliphatic hydroxyl groups excluding tert-OH is 1. The summed E-state index contributed by atoms with van der Waals surface area (Å²) in [6.45, 7) is 2.25. The number of aliphatic hydroxyl groups is 1. The summed E-state index contributed by atoms with van der Waals surface area (Å²) in [5.74, 6) is 0.940. The Balaban J connectivity index is 2.23. The zero-order chi connectivity index (χ0) is 9.90. The Kier molecular flexibility index (Phi) is 3.70. The first-order valence-electron chi connectivity index (χ1n) is 4.63. The molecule has 2 N–H and O–H groups in total. The third-order valence-corrected chi connectivity index (χ3v) is 3.74. The van der Waals surface area contributed by atoms with Crippen molar-refractivity contribution in [3.63, 3.8) is 0 Å². The van der Waals surface area contributed by atoms with E-state index in [2.05, 4.69) is 11.6 Å². The van der Waals surface area contributed by atoms with Gasteiger partial charge < -0.3 is 5.11 Å². The molecule has 0 radical (unpaired) electrons. The first-order valence-corrected chi connectivity index (χ1v) is 6.28. The van der Waals surface area contributed by atoms with Crippen LogP contribution in [0.2, 0.25) is 0 Å². The minimum Gasteiger partial charge on any atom is -0.395 e. The average Bonchev–Trinajstić information content (AvgIpc) is 2.82. The Morgan fingerprint density at radius 3 is 2.62 bits per heavy atom. The fraction of sp³-hybridized carbons (Fsp3) is 1.00. The van der Waals surface area contributed by atoms with Gasteiger partial charge in [-0.25, -0.2) is 13.1 Å². The number of hydrogen-bond donors (Lipinski definition) is 2. The first kappa shape index (κ1) is 10.9. The van der Waals surface area contributed by atoms with Crippen LogP contribution in [-0.2, 0) is 10.0 Å². The average molecular weight is 207 g/mol. The van der Waals surface area contributed by atoms with Crippen LogP contribution in [0, 0.1) is 11.8 Å². The summed E-state index contributed by atoms with van der Waals surface area (Å²) in [6.07, 6.45) is 2.45. The third kappa shape index (κ3) is 4.06. The van der Waals surface area contributed by atoms with Crippen LogP contribution in [0.15, 0.2) is 0 Å². The molecule has 1 saturated carbocycles. The van der Waals surface area contributed by atoms with Crippen molar-refractivity contribution in [1.29, 1.82) is 0 Å². The van der Waals surface area contributed by atoms with E-state index in [9.17, 15) is 8.42 Å². The third-order valence-electron chi connectivity index (χ3n) is 2.41. The van der Waals surface area contributed by atoms with Crippen molar-refractivity contribution in [2.45, 2.75) is 19.8 Å².